The lowest BCUT2D eigenvalue weighted by molar-refractivity contribution is 1.34. The zero-order valence-electron chi connectivity index (χ0n) is 11.0. The topological polar surface area (TPSA) is 26.0 Å². The van der Waals surface area contributed by atoms with Gasteiger partial charge in [-0.15, -0.1) is 0 Å². The Hall–Kier alpha value is -1.76. The number of hydrogen-bond acceptors (Lipinski definition) is 1. The Balaban J connectivity index is 2.69. The summed E-state index contributed by atoms with van der Waals surface area (Å²) in [5.74, 6) is 0. The minimum Gasteiger partial charge on any atom is -0.398 e. The van der Waals surface area contributed by atoms with Gasteiger partial charge in [-0.2, -0.15) is 0 Å². The highest BCUT2D eigenvalue weighted by Gasteiger charge is 2.08. The van der Waals surface area contributed by atoms with Gasteiger partial charge in [0.2, 0.25) is 0 Å². The van der Waals surface area contributed by atoms with Crippen LogP contribution >= 0.6 is 0 Å². The quantitative estimate of drug-likeness (QED) is 0.724. The van der Waals surface area contributed by atoms with Crippen molar-refractivity contribution < 1.29 is 0 Å². The van der Waals surface area contributed by atoms with Gasteiger partial charge >= 0.3 is 0 Å². The fourth-order valence-electron chi connectivity index (χ4n) is 2.39. The fourth-order valence-corrected chi connectivity index (χ4v) is 2.39. The minimum absolute atomic E-state index is 0.903. The predicted octanol–water partition coefficient (Wildman–Crippen LogP) is 4.17. The number of anilines is 1. The van der Waals surface area contributed by atoms with E-state index in [2.05, 4.69) is 58.0 Å². The number of aryl methyl sites for hydroxylation is 4. The average molecular weight is 225 g/mol. The number of nitrogens with two attached hydrogens (primary N) is 1. The molecule has 2 aromatic rings. The van der Waals surface area contributed by atoms with E-state index in [1.54, 1.807) is 0 Å². The molecule has 0 unspecified atom stereocenters. The van der Waals surface area contributed by atoms with Gasteiger partial charge in [-0.3, -0.25) is 0 Å². The first-order chi connectivity index (χ1) is 8.00. The smallest absolute Gasteiger partial charge is 0.0373 e. The van der Waals surface area contributed by atoms with Crippen LogP contribution in [-0.4, -0.2) is 0 Å². The van der Waals surface area contributed by atoms with Crippen LogP contribution in [0.5, 0.6) is 0 Å². The number of hydrogen-bond donors (Lipinski definition) is 1. The van der Waals surface area contributed by atoms with Gasteiger partial charge < -0.3 is 5.73 Å². The van der Waals surface area contributed by atoms with Gasteiger partial charge in [-0.25, -0.2) is 0 Å². The van der Waals surface area contributed by atoms with E-state index in [1.165, 1.54) is 22.3 Å². The Morgan fingerprint density at radius 2 is 1.24 bits per heavy atom. The molecule has 0 aliphatic heterocycles. The molecule has 88 valence electrons. The second-order valence-electron chi connectivity index (χ2n) is 4.79. The van der Waals surface area contributed by atoms with Crippen LogP contribution in [0.3, 0.4) is 0 Å². The normalized spacial score (nSPS) is 10.6. The van der Waals surface area contributed by atoms with Gasteiger partial charge in [-0.1, -0.05) is 18.2 Å². The summed E-state index contributed by atoms with van der Waals surface area (Å²) in [5.41, 5.74) is 14.4. The van der Waals surface area contributed by atoms with Gasteiger partial charge in [0.15, 0.2) is 0 Å². The second kappa shape index (κ2) is 4.25. The maximum Gasteiger partial charge on any atom is 0.0373 e. The number of nitrogen functional groups attached to an aromatic ring is 1. The summed E-state index contributed by atoms with van der Waals surface area (Å²) in [5, 5.41) is 0. The Morgan fingerprint density at radius 3 is 1.71 bits per heavy atom. The molecule has 0 saturated carbocycles. The molecular formula is C16H19N. The van der Waals surface area contributed by atoms with Crippen LogP contribution in [-0.2, 0) is 0 Å². The molecule has 0 atom stereocenters. The molecule has 2 rings (SSSR count). The SMILES string of the molecule is Cc1cc(-c2c(C)cccc2C)cc(C)c1N. The van der Waals surface area contributed by atoms with Crippen LogP contribution in [0, 0.1) is 27.7 Å². The van der Waals surface area contributed by atoms with Crippen molar-refractivity contribution in [3.05, 3.63) is 52.6 Å². The summed E-state index contributed by atoms with van der Waals surface area (Å²) in [6.07, 6.45) is 0. The zero-order valence-corrected chi connectivity index (χ0v) is 11.0. The standard InChI is InChI=1S/C16H19N/c1-10-6-5-7-11(2)15(10)14-8-12(3)16(17)13(4)9-14/h5-9H,17H2,1-4H3. The molecule has 0 heterocycles. The van der Waals surface area contributed by atoms with E-state index < -0.39 is 0 Å². The van der Waals surface area contributed by atoms with E-state index in [1.807, 2.05) is 0 Å². The molecule has 0 aromatic heterocycles. The molecule has 0 bridgehead atoms. The van der Waals surface area contributed by atoms with Crippen LogP contribution in [0.25, 0.3) is 11.1 Å². The third kappa shape index (κ3) is 2.05. The summed E-state index contributed by atoms with van der Waals surface area (Å²) >= 11 is 0. The van der Waals surface area contributed by atoms with Gasteiger partial charge in [0.05, 0.1) is 0 Å². The van der Waals surface area contributed by atoms with Crippen LogP contribution in [0.15, 0.2) is 30.3 Å². The van der Waals surface area contributed by atoms with Crippen molar-refractivity contribution in [2.45, 2.75) is 27.7 Å². The fraction of sp³-hybridized carbons (Fsp3) is 0.250. The van der Waals surface area contributed by atoms with Crippen LogP contribution in [0.2, 0.25) is 0 Å². The molecule has 0 amide bonds. The van der Waals surface area contributed by atoms with E-state index in [9.17, 15) is 0 Å². The average Bonchev–Trinajstić information content (AvgIpc) is 2.25. The predicted molar refractivity (Wildman–Crippen MR) is 75.2 cm³/mol. The van der Waals surface area contributed by atoms with Crippen LogP contribution < -0.4 is 5.73 Å². The Labute approximate surface area is 103 Å². The summed E-state index contributed by atoms with van der Waals surface area (Å²) < 4.78 is 0. The number of rotatable bonds is 1. The lowest BCUT2D eigenvalue weighted by Gasteiger charge is -2.13. The molecule has 2 aromatic carbocycles. The van der Waals surface area contributed by atoms with E-state index in [0.717, 1.165) is 16.8 Å². The number of benzene rings is 2. The van der Waals surface area contributed by atoms with Gasteiger partial charge in [0.1, 0.15) is 0 Å². The highest BCUT2D eigenvalue weighted by atomic mass is 14.6. The summed E-state index contributed by atoms with van der Waals surface area (Å²) in [4.78, 5) is 0. The molecule has 1 heteroatoms. The van der Waals surface area contributed by atoms with Crippen molar-refractivity contribution in [3.63, 3.8) is 0 Å². The Morgan fingerprint density at radius 1 is 0.765 bits per heavy atom. The zero-order chi connectivity index (χ0) is 12.6. The highest BCUT2D eigenvalue weighted by Crippen LogP contribution is 2.31. The van der Waals surface area contributed by atoms with Crippen molar-refractivity contribution in [2.75, 3.05) is 5.73 Å². The Kier molecular flexibility index (Phi) is 2.93. The Bertz CT molecular complexity index is 524. The first-order valence-corrected chi connectivity index (χ1v) is 5.94. The first kappa shape index (κ1) is 11.7. The third-order valence-corrected chi connectivity index (χ3v) is 3.36. The minimum atomic E-state index is 0.903. The third-order valence-electron chi connectivity index (χ3n) is 3.36. The van der Waals surface area contributed by atoms with E-state index in [0.29, 0.717) is 0 Å². The van der Waals surface area contributed by atoms with Crippen LogP contribution in [0.4, 0.5) is 5.69 Å². The summed E-state index contributed by atoms with van der Waals surface area (Å²) in [6.45, 7) is 8.45. The van der Waals surface area contributed by atoms with Gasteiger partial charge in [0, 0.05) is 5.69 Å². The molecule has 0 aliphatic rings. The van der Waals surface area contributed by atoms with Crippen molar-refractivity contribution >= 4 is 5.69 Å². The molecule has 17 heavy (non-hydrogen) atoms. The van der Waals surface area contributed by atoms with Crippen molar-refractivity contribution in [1.29, 1.82) is 0 Å². The molecule has 2 N–H and O–H groups in total. The molecule has 1 nitrogen and oxygen atoms in total. The molecule has 0 saturated heterocycles. The van der Waals surface area contributed by atoms with E-state index >= 15 is 0 Å². The monoisotopic (exact) mass is 225 g/mol. The summed E-state index contributed by atoms with van der Waals surface area (Å²) in [6, 6.07) is 10.8. The van der Waals surface area contributed by atoms with Crippen LogP contribution in [0.1, 0.15) is 22.3 Å². The highest BCUT2D eigenvalue weighted by molar-refractivity contribution is 5.74. The van der Waals surface area contributed by atoms with Gasteiger partial charge in [0.25, 0.3) is 0 Å². The lowest BCUT2D eigenvalue weighted by atomic mass is 9.93. The van der Waals surface area contributed by atoms with Crippen molar-refractivity contribution in [1.82, 2.24) is 0 Å². The van der Waals surface area contributed by atoms with E-state index in [4.69, 9.17) is 5.73 Å². The maximum atomic E-state index is 6.00. The second-order valence-corrected chi connectivity index (χ2v) is 4.79. The first-order valence-electron chi connectivity index (χ1n) is 5.94. The van der Waals surface area contributed by atoms with Crippen molar-refractivity contribution in [2.24, 2.45) is 0 Å². The molecule has 0 radical (unpaired) electrons. The molecule has 0 spiro atoms. The lowest BCUT2D eigenvalue weighted by Crippen LogP contribution is -1.96. The maximum absolute atomic E-state index is 6.00. The summed E-state index contributed by atoms with van der Waals surface area (Å²) in [7, 11) is 0. The van der Waals surface area contributed by atoms with Gasteiger partial charge in [-0.05, 0) is 73.2 Å². The van der Waals surface area contributed by atoms with Crippen molar-refractivity contribution in [3.8, 4) is 11.1 Å². The molecular weight excluding hydrogens is 206 g/mol. The molecule has 0 fully saturated rings. The van der Waals surface area contributed by atoms with E-state index in [-0.39, 0.29) is 0 Å². The molecule has 0 aliphatic carbocycles. The largest absolute Gasteiger partial charge is 0.398 e.